The Hall–Kier alpha value is -3.91. The zero-order valence-electron chi connectivity index (χ0n) is 44.5. The van der Waals surface area contributed by atoms with Crippen molar-refractivity contribution < 1.29 is 0 Å². The summed E-state index contributed by atoms with van der Waals surface area (Å²) < 4.78 is 0. The zero-order valence-corrected chi connectivity index (χ0v) is 44.5. The van der Waals surface area contributed by atoms with Crippen LogP contribution in [0.3, 0.4) is 0 Å². The van der Waals surface area contributed by atoms with E-state index in [2.05, 4.69) is 235 Å². The molecule has 0 amide bonds. The van der Waals surface area contributed by atoms with Crippen LogP contribution >= 0.6 is 0 Å². The minimum atomic E-state index is -0.00251. The van der Waals surface area contributed by atoms with E-state index < -0.39 is 0 Å². The summed E-state index contributed by atoms with van der Waals surface area (Å²) in [6.07, 6.45) is 0. The van der Waals surface area contributed by atoms with Crippen LogP contribution in [0.1, 0.15) is 52.7 Å². The lowest BCUT2D eigenvalue weighted by Crippen LogP contribution is -2.57. The van der Waals surface area contributed by atoms with Gasteiger partial charge in [0.2, 0.25) is 0 Å². The quantitative estimate of drug-likeness (QED) is 0.162. The first kappa shape index (κ1) is 49.5. The minimum absolute atomic E-state index is 0.00251. The lowest BCUT2D eigenvalue weighted by atomic mass is 9.57. The van der Waals surface area contributed by atoms with Crippen LogP contribution < -0.4 is 109 Å². The lowest BCUT2D eigenvalue weighted by Gasteiger charge is -2.38. The highest BCUT2D eigenvalue weighted by Crippen LogP contribution is 2.38. The molecule has 20 heteroatoms. The van der Waals surface area contributed by atoms with Gasteiger partial charge in [0.25, 0.3) is 0 Å². The molecule has 0 radical (unpaired) electrons. The number of nitrogens with one attached hydrogen (secondary N) is 1. The van der Waals surface area contributed by atoms with Crippen LogP contribution in [0, 0.1) is 0 Å². The van der Waals surface area contributed by atoms with Crippen LogP contribution in [0.5, 0.6) is 0 Å². The van der Waals surface area contributed by atoms with Gasteiger partial charge < -0.3 is 10.2 Å². The van der Waals surface area contributed by atoms with Gasteiger partial charge in [0, 0.05) is 34.0 Å². The van der Waals surface area contributed by atoms with Crippen molar-refractivity contribution in [3.63, 3.8) is 0 Å². The van der Waals surface area contributed by atoms with E-state index in [1.807, 2.05) is 0 Å². The number of hydrogen-bond donors (Lipinski definition) is 1. The molecule has 0 fully saturated rings. The molecule has 302 valence electrons. The first-order valence-corrected chi connectivity index (χ1v) is 23.7. The van der Waals surface area contributed by atoms with E-state index in [-0.39, 0.29) is 10.8 Å². The fourth-order valence-corrected chi connectivity index (χ4v) is 10.4. The Bertz CT molecular complexity index is 2860. The molecule has 6 aromatic carbocycles. The molecule has 1 N–H and O–H groups in total. The van der Waals surface area contributed by atoms with Gasteiger partial charge >= 0.3 is 0 Å². The van der Waals surface area contributed by atoms with Crippen molar-refractivity contribution in [3.8, 4) is 22.3 Å². The third-order valence-electron chi connectivity index (χ3n) is 16.3. The van der Waals surface area contributed by atoms with E-state index in [0.29, 0.717) is 0 Å². The van der Waals surface area contributed by atoms with E-state index in [1.165, 1.54) is 154 Å². The van der Waals surface area contributed by atoms with Crippen molar-refractivity contribution >= 4 is 268 Å². The summed E-state index contributed by atoms with van der Waals surface area (Å²) in [5.41, 5.74) is 38.2. The summed E-state index contributed by atoms with van der Waals surface area (Å²) >= 11 is 0. The third-order valence-corrected chi connectivity index (χ3v) is 16.3. The number of rotatable bonds is 7. The highest BCUT2D eigenvalue weighted by atomic mass is 15.2. The lowest BCUT2D eigenvalue weighted by molar-refractivity contribution is 0.590. The number of nitrogens with zero attached hydrogens (tertiary/aromatic N) is 1. The number of benzene rings is 6. The van der Waals surface area contributed by atoms with Gasteiger partial charge in [0.15, 0.2) is 0 Å². The molecule has 0 saturated carbocycles. The van der Waals surface area contributed by atoms with Crippen LogP contribution in [0.15, 0.2) is 42.5 Å². The molecule has 0 aliphatic carbocycles. The maximum atomic E-state index is 4.20. The van der Waals surface area contributed by atoms with Crippen LogP contribution in [0.25, 0.3) is 22.3 Å². The Morgan fingerprint density at radius 1 is 0.344 bits per heavy atom. The maximum absolute atomic E-state index is 4.20. The molecule has 0 bridgehead atoms. The van der Waals surface area contributed by atoms with E-state index in [1.54, 1.807) is 0 Å². The zero-order chi connectivity index (χ0) is 48.0. The van der Waals surface area contributed by atoms with Crippen molar-refractivity contribution in [2.75, 3.05) is 10.2 Å². The second-order valence-corrected chi connectivity index (χ2v) is 21.7. The number of hydrogen-bond acceptors (Lipinski definition) is 2. The molecule has 0 aromatic heterocycles. The van der Waals surface area contributed by atoms with Crippen LogP contribution in [-0.2, 0) is 10.8 Å². The first-order chi connectivity index (χ1) is 29.6. The number of anilines is 5. The average Bonchev–Trinajstić information content (AvgIpc) is 3.24. The first-order valence-electron chi connectivity index (χ1n) is 23.7. The molecule has 0 aliphatic heterocycles. The molecule has 6 aromatic rings. The van der Waals surface area contributed by atoms with E-state index in [9.17, 15) is 0 Å². The summed E-state index contributed by atoms with van der Waals surface area (Å²) in [6, 6.07) is 16.6. The summed E-state index contributed by atoms with van der Waals surface area (Å²) in [5, 5.41) is 4.20. The Morgan fingerprint density at radius 3 is 1.16 bits per heavy atom. The predicted octanol–water partition coefficient (Wildman–Crippen LogP) is -18.5. The normalized spacial score (nSPS) is 11.8. The van der Waals surface area contributed by atoms with Crippen molar-refractivity contribution in [1.29, 1.82) is 0 Å². The van der Waals surface area contributed by atoms with Gasteiger partial charge in [-0.2, -0.15) is 0 Å². The Morgan fingerprint density at radius 2 is 0.703 bits per heavy atom. The van der Waals surface area contributed by atoms with Gasteiger partial charge in [0.1, 0.15) is 141 Å². The van der Waals surface area contributed by atoms with E-state index in [0.717, 1.165) is 5.69 Å². The fraction of sp³-hybridized carbons (Fsp3) is 0.182. The Balaban J connectivity index is 1.77. The largest absolute Gasteiger partial charge is 0.356 e. The van der Waals surface area contributed by atoms with E-state index >= 15 is 0 Å². The van der Waals surface area contributed by atoms with Gasteiger partial charge in [-0.05, 0) is 68.4 Å². The van der Waals surface area contributed by atoms with E-state index in [4.69, 9.17) is 0 Å². The van der Waals surface area contributed by atoms with Gasteiger partial charge in [-0.15, -0.1) is 38.2 Å². The van der Waals surface area contributed by atoms with Crippen molar-refractivity contribution in [2.45, 2.75) is 52.4 Å². The van der Waals surface area contributed by atoms with Crippen molar-refractivity contribution in [1.82, 2.24) is 0 Å². The molecule has 0 saturated heterocycles. The second kappa shape index (κ2) is 17.7. The average molecular weight is 814 g/mol. The van der Waals surface area contributed by atoms with Gasteiger partial charge in [-0.3, -0.25) is 0 Å². The molecule has 0 heterocycles. The van der Waals surface area contributed by atoms with Crippen LogP contribution in [0.4, 0.5) is 28.4 Å². The molecular weight excluding hydrogens is 751 g/mol. The smallest absolute Gasteiger partial charge is 0.144 e. The van der Waals surface area contributed by atoms with Crippen molar-refractivity contribution in [2.24, 2.45) is 0 Å². The monoisotopic (exact) mass is 817 g/mol. The summed E-state index contributed by atoms with van der Waals surface area (Å²) in [6.45, 7) is 13.9. The summed E-state index contributed by atoms with van der Waals surface area (Å²) in [5.74, 6) is 0. The molecular formula is C44H62B18N2. The summed E-state index contributed by atoms with van der Waals surface area (Å²) in [4.78, 5) is 2.65. The topological polar surface area (TPSA) is 15.3 Å². The molecule has 6 rings (SSSR count). The van der Waals surface area contributed by atoms with Crippen molar-refractivity contribution in [3.05, 3.63) is 53.6 Å². The van der Waals surface area contributed by atoms with Gasteiger partial charge in [-0.25, -0.2) is 0 Å². The minimum Gasteiger partial charge on any atom is -0.356 e. The standard InChI is InChI=1S/C44H62B18N2/c1-43(2,3)14-7-10-16(11-8-14)64(41-21(26(49)31(54)34(57)37(41)60)20-24(47)29(52)33(56)30(53)25(20)48)42-38(61)35(58)36(59)40(39(42)62)63-18-12-9-15(44(4,5)6)13-17(18)19-22(45)27(50)32(55)28(51)23(19)46/h7-13,63H,45-62H2,1-6H3. The van der Waals surface area contributed by atoms with Crippen LogP contribution in [-0.4, -0.2) is 141 Å². The maximum Gasteiger partial charge on any atom is 0.144 e. The molecule has 0 aliphatic rings. The fourth-order valence-electron chi connectivity index (χ4n) is 10.4. The second-order valence-electron chi connectivity index (χ2n) is 21.7. The predicted molar refractivity (Wildman–Crippen MR) is 346 cm³/mol. The molecule has 0 spiro atoms. The summed E-state index contributed by atoms with van der Waals surface area (Å²) in [7, 11) is 41.8. The highest BCUT2D eigenvalue weighted by Gasteiger charge is 2.30. The third kappa shape index (κ3) is 8.29. The SMILES string of the molecule is Bc1c(B)c(B)c(-c2cc(C(C)(C)C)ccc2Nc2c(B)c(B)c(B)c(N(c3ccc(C(C)(C)C)cc3)c3c(B)c(B)c(B)c(B)c3-c3c(B)c(B)c(B)c(B)c3B)c2B)c(B)c1B. The molecule has 0 unspecified atom stereocenters. The van der Waals surface area contributed by atoms with Crippen LogP contribution in [0.2, 0.25) is 0 Å². The molecule has 0 atom stereocenters. The molecule has 64 heavy (non-hydrogen) atoms. The highest BCUT2D eigenvalue weighted by molar-refractivity contribution is 6.72. The molecule has 2 nitrogen and oxygen atoms in total. The van der Waals surface area contributed by atoms with Gasteiger partial charge in [0.05, 0.1) is 0 Å². The van der Waals surface area contributed by atoms with Gasteiger partial charge in [-0.1, -0.05) is 114 Å². The Labute approximate surface area is 404 Å². The Kier molecular flexibility index (Phi) is 13.7.